The standard InChI is InChI=1S/C14H22N2O3S/c1-2-3-8-19-9-5-7-15-13(17)11-16-14(18)12-6-4-10-20-12/h4,6,10H,2-3,5,7-9,11H2,1H3,(H,15,17)(H,16,18). The molecule has 2 amide bonds. The molecule has 0 unspecified atom stereocenters. The number of thiophene rings is 1. The minimum absolute atomic E-state index is 0.00737. The SMILES string of the molecule is CCCCOCCCNC(=O)CNC(=O)c1cccs1. The largest absolute Gasteiger partial charge is 0.381 e. The Morgan fingerprint density at radius 1 is 1.25 bits per heavy atom. The number of nitrogens with one attached hydrogen (secondary N) is 2. The van der Waals surface area contributed by atoms with Crippen LogP contribution in [0.2, 0.25) is 0 Å². The van der Waals surface area contributed by atoms with Gasteiger partial charge >= 0.3 is 0 Å². The van der Waals surface area contributed by atoms with Gasteiger partial charge in [0.1, 0.15) is 0 Å². The Bertz CT molecular complexity index is 393. The first-order valence-corrected chi connectivity index (χ1v) is 7.78. The summed E-state index contributed by atoms with van der Waals surface area (Å²) >= 11 is 1.35. The van der Waals surface area contributed by atoms with Crippen LogP contribution in [0.4, 0.5) is 0 Å². The molecule has 1 heterocycles. The fourth-order valence-electron chi connectivity index (χ4n) is 1.47. The van der Waals surface area contributed by atoms with Crippen LogP contribution < -0.4 is 10.6 Å². The highest BCUT2D eigenvalue weighted by atomic mass is 32.1. The number of amides is 2. The van der Waals surface area contributed by atoms with Gasteiger partial charge in [-0.2, -0.15) is 0 Å². The first kappa shape index (κ1) is 16.7. The second-order valence-electron chi connectivity index (χ2n) is 4.33. The van der Waals surface area contributed by atoms with E-state index in [4.69, 9.17) is 4.74 Å². The van der Waals surface area contributed by atoms with Crippen LogP contribution in [-0.4, -0.2) is 38.1 Å². The zero-order valence-electron chi connectivity index (χ0n) is 11.8. The lowest BCUT2D eigenvalue weighted by Crippen LogP contribution is -2.37. The van der Waals surface area contributed by atoms with E-state index >= 15 is 0 Å². The Morgan fingerprint density at radius 3 is 2.75 bits per heavy atom. The molecule has 1 aromatic heterocycles. The molecule has 1 aromatic rings. The third kappa shape index (κ3) is 7.25. The molecule has 0 bridgehead atoms. The summed E-state index contributed by atoms with van der Waals surface area (Å²) in [5, 5.41) is 7.15. The van der Waals surface area contributed by atoms with Gasteiger partial charge in [-0.3, -0.25) is 9.59 Å². The molecule has 0 spiro atoms. The van der Waals surface area contributed by atoms with Crippen molar-refractivity contribution in [3.05, 3.63) is 22.4 Å². The highest BCUT2D eigenvalue weighted by Gasteiger charge is 2.07. The minimum atomic E-state index is -0.210. The topological polar surface area (TPSA) is 67.4 Å². The molecule has 0 aliphatic rings. The van der Waals surface area contributed by atoms with E-state index in [1.54, 1.807) is 12.1 Å². The summed E-state index contributed by atoms with van der Waals surface area (Å²) in [5.74, 6) is -0.387. The van der Waals surface area contributed by atoms with E-state index < -0.39 is 0 Å². The van der Waals surface area contributed by atoms with Crippen LogP contribution in [0.25, 0.3) is 0 Å². The lowest BCUT2D eigenvalue weighted by Gasteiger charge is -2.06. The second-order valence-corrected chi connectivity index (χ2v) is 5.28. The average Bonchev–Trinajstić information content (AvgIpc) is 2.98. The molecule has 0 fully saturated rings. The van der Waals surface area contributed by atoms with E-state index in [0.29, 0.717) is 18.0 Å². The molecule has 6 heteroatoms. The normalized spacial score (nSPS) is 10.2. The fourth-order valence-corrected chi connectivity index (χ4v) is 2.11. The van der Waals surface area contributed by atoms with Crippen molar-refractivity contribution in [2.45, 2.75) is 26.2 Å². The quantitative estimate of drug-likeness (QED) is 0.647. The van der Waals surface area contributed by atoms with Gasteiger partial charge in [0.05, 0.1) is 11.4 Å². The van der Waals surface area contributed by atoms with Gasteiger partial charge in [-0.1, -0.05) is 19.4 Å². The smallest absolute Gasteiger partial charge is 0.261 e. The molecule has 5 nitrogen and oxygen atoms in total. The Hall–Kier alpha value is -1.40. The van der Waals surface area contributed by atoms with Crippen molar-refractivity contribution in [2.24, 2.45) is 0 Å². The summed E-state index contributed by atoms with van der Waals surface area (Å²) in [6.45, 7) is 4.13. The van der Waals surface area contributed by atoms with Crippen LogP contribution in [0, 0.1) is 0 Å². The average molecular weight is 298 g/mol. The van der Waals surface area contributed by atoms with Crippen LogP contribution in [0.5, 0.6) is 0 Å². The van der Waals surface area contributed by atoms with Gasteiger partial charge in [0, 0.05) is 19.8 Å². The first-order chi connectivity index (χ1) is 9.74. The predicted octanol–water partition coefficient (Wildman–Crippen LogP) is 1.80. The van der Waals surface area contributed by atoms with Crippen LogP contribution >= 0.6 is 11.3 Å². The van der Waals surface area contributed by atoms with E-state index in [9.17, 15) is 9.59 Å². The molecular weight excluding hydrogens is 276 g/mol. The van der Waals surface area contributed by atoms with E-state index in [-0.39, 0.29) is 18.4 Å². The van der Waals surface area contributed by atoms with Gasteiger partial charge in [0.2, 0.25) is 5.91 Å². The van der Waals surface area contributed by atoms with Gasteiger partial charge < -0.3 is 15.4 Å². The number of hydrogen-bond acceptors (Lipinski definition) is 4. The summed E-state index contributed by atoms with van der Waals surface area (Å²) in [7, 11) is 0. The zero-order valence-corrected chi connectivity index (χ0v) is 12.6. The molecule has 20 heavy (non-hydrogen) atoms. The van der Waals surface area contributed by atoms with Crippen LogP contribution in [0.1, 0.15) is 35.9 Å². The van der Waals surface area contributed by atoms with Crippen LogP contribution in [0.15, 0.2) is 17.5 Å². The summed E-state index contributed by atoms with van der Waals surface area (Å²) in [6, 6.07) is 3.53. The number of hydrogen-bond donors (Lipinski definition) is 2. The van der Waals surface area contributed by atoms with Crippen LogP contribution in [0.3, 0.4) is 0 Å². The molecule has 0 saturated heterocycles. The third-order valence-electron chi connectivity index (χ3n) is 2.58. The van der Waals surface area contributed by atoms with Crippen molar-refractivity contribution < 1.29 is 14.3 Å². The van der Waals surface area contributed by atoms with Gasteiger partial charge in [-0.05, 0) is 24.3 Å². The minimum Gasteiger partial charge on any atom is -0.381 e. The summed E-state index contributed by atoms with van der Waals surface area (Å²) in [5.41, 5.74) is 0. The number of carbonyl (C=O) groups is 2. The Morgan fingerprint density at radius 2 is 2.05 bits per heavy atom. The first-order valence-electron chi connectivity index (χ1n) is 6.90. The molecule has 1 rings (SSSR count). The maximum Gasteiger partial charge on any atom is 0.261 e. The molecule has 2 N–H and O–H groups in total. The van der Waals surface area contributed by atoms with Gasteiger partial charge in [0.15, 0.2) is 0 Å². The van der Waals surface area contributed by atoms with Gasteiger partial charge in [0.25, 0.3) is 5.91 Å². The van der Waals surface area contributed by atoms with Crippen LogP contribution in [-0.2, 0) is 9.53 Å². The number of rotatable bonds is 10. The fraction of sp³-hybridized carbons (Fsp3) is 0.571. The van der Waals surface area contributed by atoms with Gasteiger partial charge in [-0.15, -0.1) is 11.3 Å². The molecule has 0 aliphatic heterocycles. The molecule has 0 aromatic carbocycles. The molecule has 112 valence electrons. The van der Waals surface area contributed by atoms with Crippen molar-refractivity contribution >= 4 is 23.2 Å². The Balaban J connectivity index is 1.99. The predicted molar refractivity (Wildman–Crippen MR) is 80.0 cm³/mol. The van der Waals surface area contributed by atoms with Crippen molar-refractivity contribution in [1.29, 1.82) is 0 Å². The zero-order chi connectivity index (χ0) is 14.6. The van der Waals surface area contributed by atoms with E-state index in [1.807, 2.05) is 5.38 Å². The van der Waals surface area contributed by atoms with E-state index in [1.165, 1.54) is 11.3 Å². The Labute approximate surface area is 123 Å². The van der Waals surface area contributed by atoms with E-state index in [2.05, 4.69) is 17.6 Å². The maximum atomic E-state index is 11.6. The van der Waals surface area contributed by atoms with Gasteiger partial charge in [-0.25, -0.2) is 0 Å². The van der Waals surface area contributed by atoms with Crippen molar-refractivity contribution in [1.82, 2.24) is 10.6 Å². The lowest BCUT2D eigenvalue weighted by atomic mass is 10.3. The summed E-state index contributed by atoms with van der Waals surface area (Å²) in [6.07, 6.45) is 2.98. The van der Waals surface area contributed by atoms with E-state index in [0.717, 1.165) is 25.9 Å². The van der Waals surface area contributed by atoms with Crippen molar-refractivity contribution in [2.75, 3.05) is 26.3 Å². The Kier molecular flexibility index (Phi) is 8.66. The number of unbranched alkanes of at least 4 members (excludes halogenated alkanes) is 1. The van der Waals surface area contributed by atoms with Crippen molar-refractivity contribution in [3.8, 4) is 0 Å². The number of ether oxygens (including phenoxy) is 1. The highest BCUT2D eigenvalue weighted by Crippen LogP contribution is 2.07. The highest BCUT2D eigenvalue weighted by molar-refractivity contribution is 7.12. The monoisotopic (exact) mass is 298 g/mol. The molecule has 0 radical (unpaired) electrons. The summed E-state index contributed by atoms with van der Waals surface area (Å²) in [4.78, 5) is 23.7. The lowest BCUT2D eigenvalue weighted by molar-refractivity contribution is -0.120. The molecule has 0 saturated carbocycles. The summed E-state index contributed by atoms with van der Waals surface area (Å²) < 4.78 is 5.38. The third-order valence-corrected chi connectivity index (χ3v) is 3.45. The molecule has 0 aliphatic carbocycles. The maximum absolute atomic E-state index is 11.6. The molecular formula is C14H22N2O3S. The van der Waals surface area contributed by atoms with Crippen molar-refractivity contribution in [3.63, 3.8) is 0 Å². The molecule has 0 atom stereocenters. The second kappa shape index (κ2) is 10.4. The number of carbonyl (C=O) groups excluding carboxylic acids is 2.